The van der Waals surface area contributed by atoms with Crippen LogP contribution in [0.25, 0.3) is 0 Å². The van der Waals surface area contributed by atoms with Crippen molar-refractivity contribution in [1.29, 1.82) is 0 Å². The first-order valence-corrected chi connectivity index (χ1v) is 7.67. The van der Waals surface area contributed by atoms with Gasteiger partial charge in [0, 0.05) is 12.1 Å². The summed E-state index contributed by atoms with van der Waals surface area (Å²) in [6, 6.07) is 5.79. The van der Waals surface area contributed by atoms with Crippen LogP contribution in [0.1, 0.15) is 32.6 Å². The third-order valence-electron chi connectivity index (χ3n) is 3.72. The number of hydrogen-bond acceptors (Lipinski definition) is 3. The summed E-state index contributed by atoms with van der Waals surface area (Å²) >= 11 is 0. The van der Waals surface area contributed by atoms with Crippen LogP contribution in [0.15, 0.2) is 24.3 Å². The zero-order valence-electron chi connectivity index (χ0n) is 12.7. The lowest BCUT2D eigenvalue weighted by Crippen LogP contribution is -2.46. The van der Waals surface area contributed by atoms with Crippen molar-refractivity contribution in [3.05, 3.63) is 30.1 Å². The average Bonchev–Trinajstić information content (AvgIpc) is 2.48. The Kier molecular flexibility index (Phi) is 6.00. The number of carbonyl (C=O) groups is 1. The Balaban J connectivity index is 1.67. The van der Waals surface area contributed by atoms with Gasteiger partial charge in [-0.15, -0.1) is 0 Å². The van der Waals surface area contributed by atoms with E-state index in [1.54, 1.807) is 12.1 Å². The number of nitrogens with one attached hydrogen (secondary N) is 2. The first-order chi connectivity index (χ1) is 10.5. The van der Waals surface area contributed by atoms with Crippen LogP contribution < -0.4 is 15.4 Å². The molecule has 2 rings (SSSR count). The van der Waals surface area contributed by atoms with Crippen molar-refractivity contribution >= 4 is 6.03 Å². The maximum absolute atomic E-state index is 13.0. The molecular formula is C16H23FN2O3. The molecule has 3 N–H and O–H groups in total. The molecule has 0 aromatic heterocycles. The second-order valence-corrected chi connectivity index (χ2v) is 5.75. The molecule has 1 aromatic rings. The first-order valence-electron chi connectivity index (χ1n) is 7.67. The van der Waals surface area contributed by atoms with Gasteiger partial charge in [-0.05, 0) is 44.7 Å². The van der Waals surface area contributed by atoms with Crippen LogP contribution in [0.4, 0.5) is 9.18 Å². The smallest absolute Gasteiger partial charge is 0.315 e. The Labute approximate surface area is 129 Å². The molecule has 1 fully saturated rings. The predicted octanol–water partition coefficient (Wildman–Crippen LogP) is 2.20. The average molecular weight is 310 g/mol. The van der Waals surface area contributed by atoms with E-state index >= 15 is 0 Å². The van der Waals surface area contributed by atoms with Crippen LogP contribution in [0.3, 0.4) is 0 Å². The fourth-order valence-corrected chi connectivity index (χ4v) is 2.51. The van der Waals surface area contributed by atoms with E-state index in [4.69, 9.17) is 4.74 Å². The molecule has 0 spiro atoms. The molecule has 1 aromatic carbocycles. The van der Waals surface area contributed by atoms with Gasteiger partial charge in [-0.25, -0.2) is 9.18 Å². The molecule has 1 aliphatic rings. The maximum atomic E-state index is 13.0. The van der Waals surface area contributed by atoms with E-state index < -0.39 is 0 Å². The van der Waals surface area contributed by atoms with Crippen molar-refractivity contribution in [1.82, 2.24) is 10.6 Å². The fraction of sp³-hybridized carbons (Fsp3) is 0.562. The molecule has 6 heteroatoms. The van der Waals surface area contributed by atoms with Gasteiger partial charge in [0.05, 0.1) is 12.6 Å². The number of halogens is 1. The van der Waals surface area contributed by atoms with Gasteiger partial charge in [0.15, 0.2) is 0 Å². The first kappa shape index (κ1) is 16.5. The molecule has 5 nitrogen and oxygen atoms in total. The molecule has 0 bridgehead atoms. The number of urea groups is 1. The van der Waals surface area contributed by atoms with E-state index in [2.05, 4.69) is 10.6 Å². The normalized spacial score (nSPS) is 22.7. The Bertz CT molecular complexity index is 490. The summed E-state index contributed by atoms with van der Waals surface area (Å²) in [5.74, 6) is 0.0888. The minimum absolute atomic E-state index is 0.114. The van der Waals surface area contributed by atoms with Crippen LogP contribution in [-0.2, 0) is 0 Å². The van der Waals surface area contributed by atoms with E-state index in [0.717, 1.165) is 25.7 Å². The third kappa shape index (κ3) is 5.52. The van der Waals surface area contributed by atoms with Gasteiger partial charge in [-0.3, -0.25) is 0 Å². The highest BCUT2D eigenvalue weighted by atomic mass is 19.1. The van der Waals surface area contributed by atoms with E-state index in [9.17, 15) is 14.3 Å². The van der Waals surface area contributed by atoms with Crippen molar-refractivity contribution < 1.29 is 19.0 Å². The highest BCUT2D eigenvalue weighted by Crippen LogP contribution is 2.18. The standard InChI is InChI=1S/C16H23FN2O3/c1-11(22-15-4-2-3-12(17)9-15)10-18-16(21)19-13-5-7-14(20)8-6-13/h2-4,9,11,13-14,20H,5-8,10H2,1H3,(H2,18,19,21). The number of hydrogen-bond donors (Lipinski definition) is 3. The van der Waals surface area contributed by atoms with E-state index in [-0.39, 0.29) is 30.1 Å². The molecule has 122 valence electrons. The molecule has 1 atom stereocenters. The van der Waals surface area contributed by atoms with E-state index in [1.165, 1.54) is 12.1 Å². The monoisotopic (exact) mass is 310 g/mol. The number of rotatable bonds is 5. The molecule has 0 radical (unpaired) electrons. The predicted molar refractivity (Wildman–Crippen MR) is 81.3 cm³/mol. The minimum atomic E-state index is -0.352. The summed E-state index contributed by atoms with van der Waals surface area (Å²) in [7, 11) is 0. The lowest BCUT2D eigenvalue weighted by Gasteiger charge is -2.26. The van der Waals surface area contributed by atoms with Crippen molar-refractivity contribution in [3.8, 4) is 5.75 Å². The second-order valence-electron chi connectivity index (χ2n) is 5.75. The summed E-state index contributed by atoms with van der Waals surface area (Å²) in [4.78, 5) is 11.8. The summed E-state index contributed by atoms with van der Waals surface area (Å²) in [5, 5.41) is 15.1. The molecule has 1 unspecified atom stereocenters. The number of aliphatic hydroxyl groups is 1. The van der Waals surface area contributed by atoms with Gasteiger partial charge in [-0.2, -0.15) is 0 Å². The van der Waals surface area contributed by atoms with Gasteiger partial charge in [-0.1, -0.05) is 6.07 Å². The van der Waals surface area contributed by atoms with Crippen molar-refractivity contribution in [2.24, 2.45) is 0 Å². The molecule has 1 saturated carbocycles. The van der Waals surface area contributed by atoms with Gasteiger partial charge in [0.25, 0.3) is 0 Å². The Morgan fingerprint density at radius 1 is 1.41 bits per heavy atom. The van der Waals surface area contributed by atoms with Crippen molar-refractivity contribution in [3.63, 3.8) is 0 Å². The Morgan fingerprint density at radius 3 is 2.82 bits per heavy atom. The third-order valence-corrected chi connectivity index (χ3v) is 3.72. The lowest BCUT2D eigenvalue weighted by molar-refractivity contribution is 0.117. The van der Waals surface area contributed by atoms with E-state index in [1.807, 2.05) is 6.92 Å². The molecular weight excluding hydrogens is 287 g/mol. The van der Waals surface area contributed by atoms with Crippen LogP contribution in [-0.4, -0.2) is 35.9 Å². The lowest BCUT2D eigenvalue weighted by atomic mass is 9.93. The minimum Gasteiger partial charge on any atom is -0.489 e. The fourth-order valence-electron chi connectivity index (χ4n) is 2.51. The number of ether oxygens (including phenoxy) is 1. The van der Waals surface area contributed by atoms with Gasteiger partial charge >= 0.3 is 6.03 Å². The molecule has 1 aliphatic carbocycles. The molecule has 0 saturated heterocycles. The zero-order chi connectivity index (χ0) is 15.9. The largest absolute Gasteiger partial charge is 0.489 e. The molecule has 2 amide bonds. The molecule has 0 aliphatic heterocycles. The number of aliphatic hydroxyl groups excluding tert-OH is 1. The topological polar surface area (TPSA) is 70.6 Å². The Morgan fingerprint density at radius 2 is 2.14 bits per heavy atom. The summed E-state index contributed by atoms with van der Waals surface area (Å²) < 4.78 is 18.6. The quantitative estimate of drug-likeness (QED) is 0.781. The van der Waals surface area contributed by atoms with Crippen LogP contribution >= 0.6 is 0 Å². The highest BCUT2D eigenvalue weighted by molar-refractivity contribution is 5.74. The van der Waals surface area contributed by atoms with Crippen molar-refractivity contribution in [2.75, 3.05) is 6.54 Å². The SMILES string of the molecule is CC(CNC(=O)NC1CCC(O)CC1)Oc1cccc(F)c1. The zero-order valence-corrected chi connectivity index (χ0v) is 12.7. The summed E-state index contributed by atoms with van der Waals surface area (Å²) in [5.41, 5.74) is 0. The van der Waals surface area contributed by atoms with Gasteiger partial charge in [0.2, 0.25) is 0 Å². The van der Waals surface area contributed by atoms with Crippen LogP contribution in [0.2, 0.25) is 0 Å². The van der Waals surface area contributed by atoms with Gasteiger partial charge < -0.3 is 20.5 Å². The number of amides is 2. The van der Waals surface area contributed by atoms with Crippen molar-refractivity contribution in [2.45, 2.75) is 50.9 Å². The molecule has 22 heavy (non-hydrogen) atoms. The molecule has 0 heterocycles. The van der Waals surface area contributed by atoms with Gasteiger partial charge in [0.1, 0.15) is 17.7 Å². The van der Waals surface area contributed by atoms with Crippen LogP contribution in [0, 0.1) is 5.82 Å². The summed E-state index contributed by atoms with van der Waals surface area (Å²) in [6.45, 7) is 2.14. The maximum Gasteiger partial charge on any atom is 0.315 e. The second kappa shape index (κ2) is 7.98. The Hall–Kier alpha value is -1.82. The summed E-state index contributed by atoms with van der Waals surface area (Å²) in [6.07, 6.45) is 2.54. The van der Waals surface area contributed by atoms with Crippen LogP contribution in [0.5, 0.6) is 5.75 Å². The number of benzene rings is 1. The highest BCUT2D eigenvalue weighted by Gasteiger charge is 2.20. The number of carbonyl (C=O) groups excluding carboxylic acids is 1. The van der Waals surface area contributed by atoms with E-state index in [0.29, 0.717) is 12.3 Å².